The summed E-state index contributed by atoms with van der Waals surface area (Å²) < 4.78 is 6.68. The summed E-state index contributed by atoms with van der Waals surface area (Å²) in [5.74, 6) is -0.478. The van der Waals surface area contributed by atoms with Crippen molar-refractivity contribution in [3.05, 3.63) is 60.1 Å². The molecule has 2 aromatic rings. The quantitative estimate of drug-likeness (QED) is 0.820. The predicted molar refractivity (Wildman–Crippen MR) is 89.4 cm³/mol. The number of carbonyl (C=O) groups is 1. The topological polar surface area (TPSA) is 93.2 Å². The van der Waals surface area contributed by atoms with Crippen LogP contribution in [0.5, 0.6) is 0 Å². The molecule has 0 spiro atoms. The van der Waals surface area contributed by atoms with Gasteiger partial charge in [0.15, 0.2) is 0 Å². The molecule has 0 unspecified atom stereocenters. The third-order valence-electron chi connectivity index (χ3n) is 4.25. The number of hydrogen-bond donors (Lipinski definition) is 2. The van der Waals surface area contributed by atoms with E-state index in [0.29, 0.717) is 29.2 Å². The number of aromatic amines is 1. The lowest BCUT2D eigenvalue weighted by molar-refractivity contribution is -0.136. The molecule has 8 heteroatoms. The lowest BCUT2D eigenvalue weighted by Crippen LogP contribution is -2.38. The number of H-pyrrole nitrogens is 1. The number of aromatic nitrogens is 2. The maximum atomic E-state index is 12.6. The number of anilines is 1. The number of rotatable bonds is 3. The first-order valence-corrected chi connectivity index (χ1v) is 8.57. The van der Waals surface area contributed by atoms with Gasteiger partial charge in [0.1, 0.15) is 12.4 Å². The Balaban J connectivity index is 2.03. The fourth-order valence-corrected chi connectivity index (χ4v) is 4.11. The van der Waals surface area contributed by atoms with E-state index in [2.05, 4.69) is 10.3 Å². The molecular formula is C16H15N3O4S. The van der Waals surface area contributed by atoms with Gasteiger partial charge in [-0.25, -0.2) is 9.59 Å². The second-order valence-corrected chi connectivity index (χ2v) is 6.69. The lowest BCUT2D eigenvalue weighted by Gasteiger charge is -2.27. The molecule has 0 saturated heterocycles. The molecule has 2 aliphatic heterocycles. The average molecular weight is 345 g/mol. The fourth-order valence-electron chi connectivity index (χ4n) is 3.27. The van der Waals surface area contributed by atoms with E-state index in [1.807, 2.05) is 24.4 Å². The van der Waals surface area contributed by atoms with Crippen LogP contribution in [0.3, 0.4) is 0 Å². The first-order chi connectivity index (χ1) is 11.6. The van der Waals surface area contributed by atoms with Crippen molar-refractivity contribution < 1.29 is 9.53 Å². The van der Waals surface area contributed by atoms with Crippen LogP contribution >= 0.6 is 11.3 Å². The van der Waals surface area contributed by atoms with Gasteiger partial charge in [0.25, 0.3) is 5.56 Å². The van der Waals surface area contributed by atoms with Gasteiger partial charge in [0.05, 0.1) is 22.8 Å². The molecular weight excluding hydrogens is 330 g/mol. The van der Waals surface area contributed by atoms with Crippen molar-refractivity contribution in [2.45, 2.75) is 25.8 Å². The highest BCUT2D eigenvalue weighted by molar-refractivity contribution is 7.10. The highest BCUT2D eigenvalue weighted by Crippen LogP contribution is 2.43. The van der Waals surface area contributed by atoms with Crippen LogP contribution in [-0.2, 0) is 16.1 Å². The van der Waals surface area contributed by atoms with Gasteiger partial charge >= 0.3 is 11.7 Å². The fraction of sp³-hybridized carbons (Fsp3) is 0.312. The van der Waals surface area contributed by atoms with Crippen molar-refractivity contribution in [2.24, 2.45) is 0 Å². The van der Waals surface area contributed by atoms with Gasteiger partial charge in [0.2, 0.25) is 0 Å². The molecule has 2 N–H and O–H groups in total. The van der Waals surface area contributed by atoms with E-state index >= 15 is 0 Å². The van der Waals surface area contributed by atoms with E-state index in [-0.39, 0.29) is 6.61 Å². The lowest BCUT2D eigenvalue weighted by atomic mass is 9.87. The van der Waals surface area contributed by atoms with Crippen LogP contribution in [0.2, 0.25) is 0 Å². The minimum absolute atomic E-state index is 0.128. The summed E-state index contributed by atoms with van der Waals surface area (Å²) in [5, 5.41) is 4.99. The first-order valence-electron chi connectivity index (χ1n) is 7.69. The SMILES string of the molecule is CCCn1c2c(c(=O)[nH]c1=O)[C@H](c1cccs1)C1=C(COC1=O)N2. The maximum Gasteiger partial charge on any atom is 0.337 e. The molecule has 2 aliphatic rings. The number of cyclic esters (lactones) is 1. The molecule has 2 aromatic heterocycles. The summed E-state index contributed by atoms with van der Waals surface area (Å²) in [7, 11) is 0. The number of hydrogen-bond acceptors (Lipinski definition) is 6. The van der Waals surface area contributed by atoms with Gasteiger partial charge in [-0.05, 0) is 17.9 Å². The van der Waals surface area contributed by atoms with Gasteiger partial charge in [-0.3, -0.25) is 14.3 Å². The number of fused-ring (bicyclic) bond motifs is 1. The van der Waals surface area contributed by atoms with E-state index in [0.717, 1.165) is 11.3 Å². The van der Waals surface area contributed by atoms with E-state index < -0.39 is 23.1 Å². The minimum Gasteiger partial charge on any atom is -0.456 e. The molecule has 4 heterocycles. The maximum absolute atomic E-state index is 12.6. The second-order valence-electron chi connectivity index (χ2n) is 5.71. The van der Waals surface area contributed by atoms with Crippen molar-refractivity contribution in [1.29, 1.82) is 0 Å². The monoisotopic (exact) mass is 345 g/mol. The van der Waals surface area contributed by atoms with Crippen molar-refractivity contribution in [3.8, 4) is 0 Å². The highest BCUT2D eigenvalue weighted by Gasteiger charge is 2.41. The Kier molecular flexibility index (Phi) is 3.42. The molecule has 0 fully saturated rings. The number of thiophene rings is 1. The minimum atomic E-state index is -0.515. The van der Waals surface area contributed by atoms with E-state index in [4.69, 9.17) is 4.74 Å². The van der Waals surface area contributed by atoms with Crippen LogP contribution in [0.25, 0.3) is 0 Å². The molecule has 24 heavy (non-hydrogen) atoms. The Hall–Kier alpha value is -2.61. The van der Waals surface area contributed by atoms with Gasteiger partial charge in [-0.15, -0.1) is 11.3 Å². The van der Waals surface area contributed by atoms with Gasteiger partial charge in [0, 0.05) is 11.4 Å². The molecule has 7 nitrogen and oxygen atoms in total. The zero-order chi connectivity index (χ0) is 16.8. The second kappa shape index (κ2) is 5.48. The summed E-state index contributed by atoms with van der Waals surface area (Å²) >= 11 is 1.47. The van der Waals surface area contributed by atoms with Gasteiger partial charge in [-0.1, -0.05) is 13.0 Å². The summed E-state index contributed by atoms with van der Waals surface area (Å²) in [4.78, 5) is 40.2. The third-order valence-corrected chi connectivity index (χ3v) is 5.19. The van der Waals surface area contributed by atoms with Crippen LogP contribution < -0.4 is 16.6 Å². The molecule has 0 saturated carbocycles. The molecule has 124 valence electrons. The summed E-state index contributed by atoms with van der Waals surface area (Å²) in [6.45, 7) is 2.55. The van der Waals surface area contributed by atoms with Crippen LogP contribution in [0.1, 0.15) is 29.7 Å². The number of nitrogens with one attached hydrogen (secondary N) is 2. The molecule has 0 aliphatic carbocycles. The number of nitrogens with zero attached hydrogens (tertiary/aromatic N) is 1. The van der Waals surface area contributed by atoms with Crippen LogP contribution in [-0.4, -0.2) is 22.1 Å². The molecule has 1 atom stereocenters. The van der Waals surface area contributed by atoms with Crippen LogP contribution in [0, 0.1) is 0 Å². The normalized spacial score (nSPS) is 18.9. The van der Waals surface area contributed by atoms with E-state index in [1.54, 1.807) is 0 Å². The Morgan fingerprint density at radius 3 is 2.92 bits per heavy atom. The van der Waals surface area contributed by atoms with E-state index in [9.17, 15) is 14.4 Å². The predicted octanol–water partition coefficient (Wildman–Crippen LogP) is 1.38. The van der Waals surface area contributed by atoms with Crippen molar-refractivity contribution in [2.75, 3.05) is 11.9 Å². The standard InChI is InChI=1S/C16H15N3O4S/c1-2-5-19-13-12(14(20)18-16(19)22)11(9-4-3-6-24-9)10-8(17-13)7-23-15(10)21/h3-4,6,11,17H,2,5,7H2,1H3,(H,18,20,22)/t11-/m1/s1. The van der Waals surface area contributed by atoms with Crippen LogP contribution in [0.15, 0.2) is 38.4 Å². The molecule has 0 radical (unpaired) electrons. The molecule has 0 amide bonds. The number of carbonyl (C=O) groups excluding carboxylic acids is 1. The Morgan fingerprint density at radius 2 is 2.21 bits per heavy atom. The van der Waals surface area contributed by atoms with Gasteiger partial charge < -0.3 is 10.1 Å². The zero-order valence-corrected chi connectivity index (χ0v) is 13.7. The average Bonchev–Trinajstić information content (AvgIpc) is 3.20. The summed E-state index contributed by atoms with van der Waals surface area (Å²) in [6, 6.07) is 3.76. The van der Waals surface area contributed by atoms with Gasteiger partial charge in [-0.2, -0.15) is 0 Å². The largest absolute Gasteiger partial charge is 0.456 e. The Labute approximate surface area is 140 Å². The molecule has 0 bridgehead atoms. The van der Waals surface area contributed by atoms with Crippen molar-refractivity contribution >= 4 is 23.1 Å². The first kappa shape index (κ1) is 14.9. The molecule has 4 rings (SSSR count). The Bertz CT molecular complexity index is 968. The summed E-state index contributed by atoms with van der Waals surface area (Å²) in [5.41, 5.74) is 0.549. The number of ether oxygens (including phenoxy) is 1. The van der Waals surface area contributed by atoms with Crippen LogP contribution in [0.4, 0.5) is 5.82 Å². The zero-order valence-electron chi connectivity index (χ0n) is 12.9. The van der Waals surface area contributed by atoms with Crippen molar-refractivity contribution in [1.82, 2.24) is 9.55 Å². The smallest absolute Gasteiger partial charge is 0.337 e. The third kappa shape index (κ3) is 2.06. The van der Waals surface area contributed by atoms with Crippen molar-refractivity contribution in [3.63, 3.8) is 0 Å². The summed E-state index contributed by atoms with van der Waals surface area (Å²) in [6.07, 6.45) is 0.741. The number of esters is 1. The molecule has 0 aromatic carbocycles. The van der Waals surface area contributed by atoms with E-state index in [1.165, 1.54) is 15.9 Å². The highest BCUT2D eigenvalue weighted by atomic mass is 32.1. The Morgan fingerprint density at radius 1 is 1.38 bits per heavy atom.